The van der Waals surface area contributed by atoms with Gasteiger partial charge in [0.25, 0.3) is 0 Å². The first kappa shape index (κ1) is 12.1. The van der Waals surface area contributed by atoms with Crippen molar-refractivity contribution in [1.29, 1.82) is 0 Å². The zero-order valence-electron chi connectivity index (χ0n) is 8.77. The molecule has 0 aliphatic carbocycles. The van der Waals surface area contributed by atoms with Gasteiger partial charge in [-0.2, -0.15) is 0 Å². The summed E-state index contributed by atoms with van der Waals surface area (Å²) < 4.78 is 6.42. The Bertz CT molecular complexity index is 466. The van der Waals surface area contributed by atoms with Crippen molar-refractivity contribution < 1.29 is 4.74 Å². The highest BCUT2D eigenvalue weighted by atomic mass is 79.9. The Hall–Kier alpha value is -0.360. The van der Waals surface area contributed by atoms with Crippen LogP contribution in [0.5, 0.6) is 5.75 Å². The predicted molar refractivity (Wildman–Crippen MR) is 73.5 cm³/mol. The topological polar surface area (TPSA) is 35.2 Å². The largest absolute Gasteiger partial charge is 0.496 e. The van der Waals surface area contributed by atoms with Crippen LogP contribution in [0.4, 0.5) is 0 Å². The van der Waals surface area contributed by atoms with Crippen LogP contribution in [0.3, 0.4) is 0 Å². The molecule has 2 aromatic heterocycles. The quantitative estimate of drug-likeness (QED) is 0.930. The van der Waals surface area contributed by atoms with E-state index in [2.05, 4.69) is 28.1 Å². The molecule has 0 amide bonds. The Morgan fingerprint density at radius 1 is 1.44 bits per heavy atom. The molecular formula is C11H12BrNOS2. The lowest BCUT2D eigenvalue weighted by Gasteiger charge is -2.10. The first-order valence-corrected chi connectivity index (χ1v) is 7.31. The average molecular weight is 318 g/mol. The summed E-state index contributed by atoms with van der Waals surface area (Å²) in [6.07, 6.45) is 0.854. The third kappa shape index (κ3) is 2.66. The van der Waals surface area contributed by atoms with Gasteiger partial charge in [0.1, 0.15) is 5.75 Å². The number of ether oxygens (including phenoxy) is 1. The fraction of sp³-hybridized carbons (Fsp3) is 0.273. The molecule has 86 valence electrons. The molecule has 0 radical (unpaired) electrons. The minimum atomic E-state index is 0.0144. The summed E-state index contributed by atoms with van der Waals surface area (Å²) in [5, 5.41) is 2.01. The molecule has 2 heterocycles. The molecule has 16 heavy (non-hydrogen) atoms. The average Bonchev–Trinajstić information content (AvgIpc) is 2.86. The lowest BCUT2D eigenvalue weighted by Crippen LogP contribution is -2.11. The molecule has 5 heteroatoms. The maximum atomic E-state index is 6.18. The Morgan fingerprint density at radius 3 is 2.88 bits per heavy atom. The molecule has 2 aromatic rings. The van der Waals surface area contributed by atoms with Crippen molar-refractivity contribution in [1.82, 2.24) is 0 Å². The Balaban J connectivity index is 2.11. The highest BCUT2D eigenvalue weighted by molar-refractivity contribution is 9.11. The highest BCUT2D eigenvalue weighted by Crippen LogP contribution is 2.33. The van der Waals surface area contributed by atoms with Crippen molar-refractivity contribution in [2.45, 2.75) is 12.5 Å². The Morgan fingerprint density at radius 2 is 2.25 bits per heavy atom. The van der Waals surface area contributed by atoms with Crippen molar-refractivity contribution in [3.63, 3.8) is 0 Å². The van der Waals surface area contributed by atoms with E-state index in [1.807, 2.05) is 11.4 Å². The van der Waals surface area contributed by atoms with E-state index in [-0.39, 0.29) is 6.04 Å². The minimum Gasteiger partial charge on any atom is -0.496 e. The third-order valence-electron chi connectivity index (χ3n) is 2.26. The van der Waals surface area contributed by atoms with Gasteiger partial charge < -0.3 is 10.5 Å². The zero-order valence-corrected chi connectivity index (χ0v) is 12.0. The molecule has 0 fully saturated rings. The number of halogens is 1. The number of nitrogens with two attached hydrogens (primary N) is 1. The molecular weight excluding hydrogens is 306 g/mol. The normalized spacial score (nSPS) is 12.7. The van der Waals surface area contributed by atoms with Crippen LogP contribution in [0, 0.1) is 0 Å². The second-order valence-electron chi connectivity index (χ2n) is 3.37. The van der Waals surface area contributed by atoms with Gasteiger partial charge in [-0.3, -0.25) is 0 Å². The van der Waals surface area contributed by atoms with Gasteiger partial charge in [0, 0.05) is 17.3 Å². The van der Waals surface area contributed by atoms with Gasteiger partial charge in [-0.25, -0.2) is 0 Å². The van der Waals surface area contributed by atoms with E-state index in [4.69, 9.17) is 10.5 Å². The summed E-state index contributed by atoms with van der Waals surface area (Å²) in [4.78, 5) is 2.40. The van der Waals surface area contributed by atoms with Crippen LogP contribution in [0.1, 0.15) is 15.8 Å². The molecule has 0 aliphatic heterocycles. The molecule has 1 atom stereocenters. The summed E-state index contributed by atoms with van der Waals surface area (Å²) in [7, 11) is 1.68. The number of rotatable bonds is 4. The van der Waals surface area contributed by atoms with Gasteiger partial charge in [-0.15, -0.1) is 22.7 Å². The molecule has 2 nitrogen and oxygen atoms in total. The molecule has 0 bridgehead atoms. The fourth-order valence-corrected chi connectivity index (χ4v) is 3.92. The first-order chi connectivity index (χ1) is 7.70. The fourth-order valence-electron chi connectivity index (χ4n) is 1.52. The first-order valence-electron chi connectivity index (χ1n) is 4.82. The van der Waals surface area contributed by atoms with Crippen LogP contribution in [-0.2, 0) is 6.42 Å². The summed E-state index contributed by atoms with van der Waals surface area (Å²) in [5.74, 6) is 0.896. The Kier molecular flexibility index (Phi) is 4.02. The number of thiophene rings is 2. The monoisotopic (exact) mass is 317 g/mol. The van der Waals surface area contributed by atoms with Gasteiger partial charge >= 0.3 is 0 Å². The van der Waals surface area contributed by atoms with Crippen LogP contribution in [0.2, 0.25) is 0 Å². The summed E-state index contributed by atoms with van der Waals surface area (Å²) >= 11 is 6.83. The smallest absolute Gasteiger partial charge is 0.134 e. The Labute approximate surface area is 111 Å². The zero-order chi connectivity index (χ0) is 11.5. The van der Waals surface area contributed by atoms with Crippen molar-refractivity contribution in [3.8, 4) is 5.75 Å². The van der Waals surface area contributed by atoms with Crippen LogP contribution < -0.4 is 10.5 Å². The van der Waals surface area contributed by atoms with Gasteiger partial charge in [-0.1, -0.05) is 0 Å². The van der Waals surface area contributed by atoms with E-state index in [0.717, 1.165) is 20.8 Å². The molecule has 1 unspecified atom stereocenters. The standard InChI is InChI=1S/C11H12BrNOS2/c1-14-9-4-5-15-11(9)8(13)6-7-2-3-10(12)16-7/h2-5,8H,6,13H2,1H3. The van der Waals surface area contributed by atoms with Crippen LogP contribution >= 0.6 is 38.6 Å². The SMILES string of the molecule is COc1ccsc1C(N)Cc1ccc(Br)s1. The molecule has 0 aromatic carbocycles. The van der Waals surface area contributed by atoms with Gasteiger partial charge in [0.15, 0.2) is 0 Å². The number of hydrogen-bond acceptors (Lipinski definition) is 4. The number of hydrogen-bond donors (Lipinski definition) is 1. The second kappa shape index (κ2) is 5.31. The molecule has 2 rings (SSSR count). The lowest BCUT2D eigenvalue weighted by molar-refractivity contribution is 0.409. The van der Waals surface area contributed by atoms with Crippen molar-refractivity contribution in [3.05, 3.63) is 37.1 Å². The molecule has 2 N–H and O–H groups in total. The molecule has 0 spiro atoms. The van der Waals surface area contributed by atoms with Crippen LogP contribution in [0.15, 0.2) is 27.4 Å². The van der Waals surface area contributed by atoms with Crippen molar-refractivity contribution in [2.75, 3.05) is 7.11 Å². The van der Waals surface area contributed by atoms with E-state index in [9.17, 15) is 0 Å². The lowest BCUT2D eigenvalue weighted by atomic mass is 10.1. The maximum absolute atomic E-state index is 6.18. The van der Waals surface area contributed by atoms with E-state index in [1.54, 1.807) is 29.8 Å². The minimum absolute atomic E-state index is 0.0144. The molecule has 0 saturated carbocycles. The van der Waals surface area contributed by atoms with E-state index in [1.165, 1.54) is 4.88 Å². The van der Waals surface area contributed by atoms with Crippen molar-refractivity contribution in [2.24, 2.45) is 5.73 Å². The van der Waals surface area contributed by atoms with Gasteiger partial charge in [-0.05, 0) is 39.5 Å². The van der Waals surface area contributed by atoms with Crippen molar-refractivity contribution >= 4 is 38.6 Å². The maximum Gasteiger partial charge on any atom is 0.134 e. The van der Waals surface area contributed by atoms with Gasteiger partial charge in [0.05, 0.1) is 15.8 Å². The van der Waals surface area contributed by atoms with E-state index >= 15 is 0 Å². The number of methoxy groups -OCH3 is 1. The summed E-state index contributed by atoms with van der Waals surface area (Å²) in [6.45, 7) is 0. The van der Waals surface area contributed by atoms with E-state index in [0.29, 0.717) is 0 Å². The highest BCUT2D eigenvalue weighted by Gasteiger charge is 2.14. The van der Waals surface area contributed by atoms with Crippen LogP contribution in [-0.4, -0.2) is 7.11 Å². The third-order valence-corrected chi connectivity index (χ3v) is 4.94. The van der Waals surface area contributed by atoms with Gasteiger partial charge in [0.2, 0.25) is 0 Å². The summed E-state index contributed by atoms with van der Waals surface area (Å²) in [5.41, 5.74) is 6.18. The summed E-state index contributed by atoms with van der Waals surface area (Å²) in [6, 6.07) is 6.14. The van der Waals surface area contributed by atoms with Crippen LogP contribution in [0.25, 0.3) is 0 Å². The predicted octanol–water partition coefficient (Wildman–Crippen LogP) is 3.82. The molecule has 0 aliphatic rings. The van der Waals surface area contributed by atoms with E-state index < -0.39 is 0 Å². The second-order valence-corrected chi connectivity index (χ2v) is 6.86. The molecule has 0 saturated heterocycles.